The summed E-state index contributed by atoms with van der Waals surface area (Å²) in [7, 11) is 1.37. The third kappa shape index (κ3) is 2.20. The summed E-state index contributed by atoms with van der Waals surface area (Å²) in [4.78, 5) is 41.2. The molecule has 6 nitrogen and oxygen atoms in total. The highest BCUT2D eigenvalue weighted by molar-refractivity contribution is 6.60. The molecule has 1 aromatic heterocycles. The summed E-state index contributed by atoms with van der Waals surface area (Å²) in [6.45, 7) is 0. The van der Waals surface area contributed by atoms with Crippen LogP contribution in [0, 0.1) is 0 Å². The number of pyridine rings is 1. The molecule has 23 heavy (non-hydrogen) atoms. The maximum atomic E-state index is 12.7. The SMILES string of the molecule is COc1ccnc2c1C(=O)C(=C(N)c1ccccc1)C(=O)C2=O. The number of carbonyl (C=O) groups excluding carboxylic acids is 3. The molecule has 0 unspecified atom stereocenters. The van der Waals surface area contributed by atoms with E-state index in [1.807, 2.05) is 0 Å². The second-order valence-electron chi connectivity index (χ2n) is 4.88. The van der Waals surface area contributed by atoms with Crippen molar-refractivity contribution in [1.29, 1.82) is 0 Å². The molecule has 1 aliphatic rings. The standard InChI is InChI=1S/C17H12N2O4/c1-23-10-7-8-19-14-11(10)15(20)12(16(21)17(14)22)13(18)9-5-3-2-4-6-9/h2-8H,18H2,1H3. The Morgan fingerprint density at radius 1 is 1.00 bits per heavy atom. The second-order valence-corrected chi connectivity index (χ2v) is 4.88. The molecule has 114 valence electrons. The zero-order valence-corrected chi connectivity index (χ0v) is 12.2. The van der Waals surface area contributed by atoms with Gasteiger partial charge in [0.05, 0.1) is 23.9 Å². The summed E-state index contributed by atoms with van der Waals surface area (Å²) in [5, 5.41) is 0. The van der Waals surface area contributed by atoms with Crippen molar-refractivity contribution in [3.8, 4) is 5.75 Å². The number of nitrogens with zero attached hydrogens (tertiary/aromatic N) is 1. The number of methoxy groups -OCH3 is 1. The number of Topliss-reactive ketones (excluding diaryl/α,β-unsaturated/α-hetero) is 3. The highest BCUT2D eigenvalue weighted by Gasteiger charge is 2.40. The number of ether oxygens (including phenoxy) is 1. The van der Waals surface area contributed by atoms with Gasteiger partial charge in [-0.1, -0.05) is 30.3 Å². The molecule has 1 aromatic carbocycles. The van der Waals surface area contributed by atoms with Crippen LogP contribution in [0.2, 0.25) is 0 Å². The van der Waals surface area contributed by atoms with Gasteiger partial charge in [-0.05, 0) is 11.6 Å². The van der Waals surface area contributed by atoms with Crippen LogP contribution in [0.15, 0.2) is 48.2 Å². The van der Waals surface area contributed by atoms with Crippen LogP contribution in [0.25, 0.3) is 5.70 Å². The van der Waals surface area contributed by atoms with Crippen molar-refractivity contribution in [2.24, 2.45) is 5.73 Å². The number of nitrogens with two attached hydrogens (primary N) is 1. The Labute approximate surface area is 131 Å². The van der Waals surface area contributed by atoms with E-state index in [2.05, 4.69) is 4.98 Å². The van der Waals surface area contributed by atoms with Gasteiger partial charge in [-0.25, -0.2) is 0 Å². The number of rotatable bonds is 2. The van der Waals surface area contributed by atoms with E-state index in [0.717, 1.165) is 0 Å². The first-order chi connectivity index (χ1) is 11.1. The quantitative estimate of drug-likeness (QED) is 0.511. The van der Waals surface area contributed by atoms with Gasteiger partial charge in [-0.2, -0.15) is 0 Å². The lowest BCUT2D eigenvalue weighted by molar-refractivity contribution is -0.111. The molecule has 0 saturated carbocycles. The molecular weight excluding hydrogens is 296 g/mol. The Morgan fingerprint density at radius 3 is 2.35 bits per heavy atom. The van der Waals surface area contributed by atoms with Gasteiger partial charge < -0.3 is 10.5 Å². The minimum atomic E-state index is -0.954. The number of carbonyl (C=O) groups is 3. The highest BCUT2D eigenvalue weighted by atomic mass is 16.5. The van der Waals surface area contributed by atoms with E-state index in [1.165, 1.54) is 19.4 Å². The van der Waals surface area contributed by atoms with Crippen LogP contribution in [-0.4, -0.2) is 29.4 Å². The fourth-order valence-electron chi connectivity index (χ4n) is 2.46. The number of fused-ring (bicyclic) bond motifs is 1. The van der Waals surface area contributed by atoms with Crippen LogP contribution in [0.3, 0.4) is 0 Å². The summed E-state index contributed by atoms with van der Waals surface area (Å²) in [6, 6.07) is 9.99. The monoisotopic (exact) mass is 308 g/mol. The van der Waals surface area contributed by atoms with Gasteiger partial charge in [-0.3, -0.25) is 19.4 Å². The molecular formula is C17H12N2O4. The second kappa shape index (κ2) is 5.49. The molecule has 2 N–H and O–H groups in total. The van der Waals surface area contributed by atoms with Gasteiger partial charge in [0.25, 0.3) is 5.78 Å². The largest absolute Gasteiger partial charge is 0.496 e. The van der Waals surface area contributed by atoms with Crippen LogP contribution in [0.4, 0.5) is 0 Å². The number of hydrogen-bond donors (Lipinski definition) is 1. The topological polar surface area (TPSA) is 99.3 Å². The average Bonchev–Trinajstić information content (AvgIpc) is 2.59. The molecule has 3 rings (SSSR count). The zero-order chi connectivity index (χ0) is 16.6. The Kier molecular flexibility index (Phi) is 3.50. The third-order valence-corrected chi connectivity index (χ3v) is 3.59. The van der Waals surface area contributed by atoms with Crippen LogP contribution in [0.1, 0.15) is 26.4 Å². The number of allylic oxidation sites excluding steroid dienone is 1. The Balaban J connectivity index is 2.28. The summed E-state index contributed by atoms with van der Waals surface area (Å²) < 4.78 is 5.11. The van der Waals surface area contributed by atoms with E-state index in [-0.39, 0.29) is 28.3 Å². The normalized spacial score (nSPS) is 16.1. The van der Waals surface area contributed by atoms with E-state index >= 15 is 0 Å². The molecule has 0 atom stereocenters. The lowest BCUT2D eigenvalue weighted by atomic mass is 9.85. The van der Waals surface area contributed by atoms with E-state index in [9.17, 15) is 14.4 Å². The summed E-state index contributed by atoms with van der Waals surface area (Å²) in [6.07, 6.45) is 1.31. The van der Waals surface area contributed by atoms with Gasteiger partial charge in [0, 0.05) is 6.20 Å². The van der Waals surface area contributed by atoms with Crippen LogP contribution in [0.5, 0.6) is 5.75 Å². The van der Waals surface area contributed by atoms with Gasteiger partial charge in [0.1, 0.15) is 11.4 Å². The lowest BCUT2D eigenvalue weighted by Gasteiger charge is -2.18. The molecule has 0 aliphatic heterocycles. The molecule has 0 saturated heterocycles. The molecule has 6 heteroatoms. The molecule has 2 aromatic rings. The first-order valence-electron chi connectivity index (χ1n) is 6.78. The van der Waals surface area contributed by atoms with Crippen molar-refractivity contribution < 1.29 is 19.1 Å². The van der Waals surface area contributed by atoms with Crippen LogP contribution in [-0.2, 0) is 4.79 Å². The fourth-order valence-corrected chi connectivity index (χ4v) is 2.46. The number of ketones is 3. The van der Waals surface area contributed by atoms with Gasteiger partial charge in [0.15, 0.2) is 0 Å². The average molecular weight is 308 g/mol. The van der Waals surface area contributed by atoms with E-state index < -0.39 is 17.3 Å². The molecule has 0 bridgehead atoms. The van der Waals surface area contributed by atoms with Crippen molar-refractivity contribution in [1.82, 2.24) is 4.98 Å². The molecule has 1 heterocycles. The maximum absolute atomic E-state index is 12.7. The third-order valence-electron chi connectivity index (χ3n) is 3.59. The predicted molar refractivity (Wildman–Crippen MR) is 82.0 cm³/mol. The molecule has 0 amide bonds. The maximum Gasteiger partial charge on any atom is 0.252 e. The fraction of sp³-hybridized carbons (Fsp3) is 0.0588. The first kappa shape index (κ1) is 14.6. The summed E-state index contributed by atoms with van der Waals surface area (Å²) in [5.74, 6) is -2.30. The molecule has 0 fully saturated rings. The van der Waals surface area contributed by atoms with E-state index in [0.29, 0.717) is 5.56 Å². The summed E-state index contributed by atoms with van der Waals surface area (Å²) >= 11 is 0. The van der Waals surface area contributed by atoms with Crippen molar-refractivity contribution in [3.05, 3.63) is 65.0 Å². The van der Waals surface area contributed by atoms with Gasteiger partial charge >= 0.3 is 0 Å². The van der Waals surface area contributed by atoms with Gasteiger partial charge in [-0.15, -0.1) is 0 Å². The first-order valence-corrected chi connectivity index (χ1v) is 6.78. The molecule has 0 radical (unpaired) electrons. The highest BCUT2D eigenvalue weighted by Crippen LogP contribution is 2.31. The number of aromatic nitrogens is 1. The van der Waals surface area contributed by atoms with Gasteiger partial charge in [0.2, 0.25) is 11.6 Å². The Bertz CT molecular complexity index is 869. The number of benzene rings is 1. The van der Waals surface area contributed by atoms with Crippen molar-refractivity contribution >= 4 is 23.0 Å². The van der Waals surface area contributed by atoms with Crippen molar-refractivity contribution in [3.63, 3.8) is 0 Å². The van der Waals surface area contributed by atoms with E-state index in [4.69, 9.17) is 10.5 Å². The molecule has 1 aliphatic carbocycles. The Morgan fingerprint density at radius 2 is 1.70 bits per heavy atom. The van der Waals surface area contributed by atoms with Crippen LogP contribution >= 0.6 is 0 Å². The van der Waals surface area contributed by atoms with Crippen molar-refractivity contribution in [2.75, 3.05) is 7.11 Å². The summed E-state index contributed by atoms with van der Waals surface area (Å²) in [5.41, 5.74) is 5.85. The van der Waals surface area contributed by atoms with E-state index in [1.54, 1.807) is 30.3 Å². The number of hydrogen-bond acceptors (Lipinski definition) is 6. The predicted octanol–water partition coefficient (Wildman–Crippen LogP) is 1.41. The smallest absolute Gasteiger partial charge is 0.252 e. The lowest BCUT2D eigenvalue weighted by Crippen LogP contribution is -2.33. The zero-order valence-electron chi connectivity index (χ0n) is 12.2. The minimum absolute atomic E-state index is 0.0338. The Hall–Kier alpha value is -3.28. The minimum Gasteiger partial charge on any atom is -0.496 e. The van der Waals surface area contributed by atoms with Crippen molar-refractivity contribution in [2.45, 2.75) is 0 Å². The molecule has 0 spiro atoms. The van der Waals surface area contributed by atoms with Crippen LogP contribution < -0.4 is 10.5 Å².